The van der Waals surface area contributed by atoms with Gasteiger partial charge in [0, 0.05) is 0 Å². The van der Waals surface area contributed by atoms with Crippen LogP contribution in [-0.2, 0) is 11.2 Å². The average Bonchev–Trinajstić information content (AvgIpc) is 3.02. The molecule has 2 nitrogen and oxygen atoms in total. The van der Waals surface area contributed by atoms with Crippen LogP contribution in [0, 0.1) is 0 Å². The molecule has 3 rings (SSSR count). The van der Waals surface area contributed by atoms with E-state index in [4.69, 9.17) is 4.74 Å². The Morgan fingerprint density at radius 2 is 1.05 bits per heavy atom. The number of alkyl halides is 1. The summed E-state index contributed by atoms with van der Waals surface area (Å²) in [6.45, 7) is 5.81. The van der Waals surface area contributed by atoms with E-state index in [2.05, 4.69) is 56.3 Å². The van der Waals surface area contributed by atoms with Crippen molar-refractivity contribution in [1.29, 1.82) is 0 Å². The lowest BCUT2D eigenvalue weighted by Crippen LogP contribution is -2.34. The lowest BCUT2D eigenvalue weighted by molar-refractivity contribution is -0.147. The molecule has 0 aliphatic rings. The first kappa shape index (κ1) is 34.5. The molecule has 0 spiro atoms. The van der Waals surface area contributed by atoms with E-state index >= 15 is 4.39 Å². The Morgan fingerprint density at radius 1 is 0.605 bits per heavy atom. The summed E-state index contributed by atoms with van der Waals surface area (Å²) >= 11 is 0. The molecule has 1 unspecified atom stereocenters. The summed E-state index contributed by atoms with van der Waals surface area (Å²) in [4.78, 5) is 12.6. The number of aryl methyl sites for hydroxylation is 1. The van der Waals surface area contributed by atoms with Crippen molar-refractivity contribution >= 4 is 5.97 Å². The van der Waals surface area contributed by atoms with Crippen molar-refractivity contribution in [3.05, 3.63) is 78.4 Å². The molecule has 3 heteroatoms. The Balaban J connectivity index is 1.51. The summed E-state index contributed by atoms with van der Waals surface area (Å²) in [6.07, 6.45) is 19.7. The number of rotatable bonds is 21. The molecule has 3 aromatic carbocycles. The first-order chi connectivity index (χ1) is 20.9. The summed E-state index contributed by atoms with van der Waals surface area (Å²) < 4.78 is 20.6. The van der Waals surface area contributed by atoms with Crippen LogP contribution in [0.2, 0.25) is 0 Å². The van der Waals surface area contributed by atoms with E-state index in [0.717, 1.165) is 36.0 Å². The highest BCUT2D eigenvalue weighted by Crippen LogP contribution is 2.33. The van der Waals surface area contributed by atoms with Crippen LogP contribution in [0.25, 0.3) is 22.3 Å². The first-order valence-corrected chi connectivity index (χ1v) is 17.1. The number of esters is 1. The predicted molar refractivity (Wildman–Crippen MR) is 181 cm³/mol. The van der Waals surface area contributed by atoms with Crippen LogP contribution >= 0.6 is 0 Å². The molecule has 0 N–H and O–H groups in total. The van der Waals surface area contributed by atoms with Gasteiger partial charge in [-0.3, -0.25) is 0 Å². The molecule has 0 bridgehead atoms. The van der Waals surface area contributed by atoms with Crippen LogP contribution in [0.15, 0.2) is 72.8 Å². The normalized spacial score (nSPS) is 12.7. The Labute approximate surface area is 261 Å². The van der Waals surface area contributed by atoms with Crippen molar-refractivity contribution in [1.82, 2.24) is 0 Å². The number of unbranched alkanes of at least 4 members (excludes halogenated alkanes) is 13. The zero-order valence-corrected chi connectivity index (χ0v) is 27.1. The van der Waals surface area contributed by atoms with E-state index in [1.54, 1.807) is 12.1 Å². The summed E-state index contributed by atoms with van der Waals surface area (Å²) in [7, 11) is 0. The molecule has 0 saturated heterocycles. The third-order valence-corrected chi connectivity index (χ3v) is 8.56. The van der Waals surface area contributed by atoms with Gasteiger partial charge in [-0.05, 0) is 72.6 Å². The molecule has 1 atom stereocenters. The third kappa shape index (κ3) is 12.3. The average molecular weight is 587 g/mol. The lowest BCUT2D eigenvalue weighted by atomic mass is 9.93. The maximum Gasteiger partial charge on any atom is 0.348 e. The van der Waals surface area contributed by atoms with Gasteiger partial charge >= 0.3 is 5.97 Å². The summed E-state index contributed by atoms with van der Waals surface area (Å²) in [5.74, 6) is -0.432. The molecule has 0 amide bonds. The fraction of sp³-hybridized carbons (Fsp3) is 0.525. The monoisotopic (exact) mass is 586 g/mol. The number of benzene rings is 3. The fourth-order valence-corrected chi connectivity index (χ4v) is 5.73. The second-order valence-corrected chi connectivity index (χ2v) is 12.5. The Hall–Kier alpha value is -2.94. The van der Waals surface area contributed by atoms with Crippen molar-refractivity contribution in [3.63, 3.8) is 0 Å². The topological polar surface area (TPSA) is 26.3 Å². The SMILES string of the molecule is CCCCCCCCCCc1ccc(-c2ccccc2-c2ccc(OC(=O)C(C)(F)CCCCCCCCC)cc2)cc1. The van der Waals surface area contributed by atoms with Gasteiger partial charge in [-0.1, -0.05) is 158 Å². The van der Waals surface area contributed by atoms with E-state index < -0.39 is 11.6 Å². The van der Waals surface area contributed by atoms with Gasteiger partial charge in [0.1, 0.15) is 5.75 Å². The van der Waals surface area contributed by atoms with Crippen LogP contribution in [0.5, 0.6) is 5.75 Å². The van der Waals surface area contributed by atoms with Gasteiger partial charge in [0.05, 0.1) is 0 Å². The van der Waals surface area contributed by atoms with Crippen molar-refractivity contribution in [3.8, 4) is 28.0 Å². The Bertz CT molecular complexity index is 1180. The third-order valence-electron chi connectivity index (χ3n) is 8.56. The first-order valence-electron chi connectivity index (χ1n) is 17.1. The molecular formula is C40H55FO2. The van der Waals surface area contributed by atoms with E-state index in [9.17, 15) is 4.79 Å². The van der Waals surface area contributed by atoms with E-state index in [0.29, 0.717) is 12.2 Å². The second-order valence-electron chi connectivity index (χ2n) is 12.5. The lowest BCUT2D eigenvalue weighted by Gasteiger charge is -2.18. The van der Waals surface area contributed by atoms with Gasteiger partial charge in [-0.2, -0.15) is 0 Å². The number of hydrogen-bond acceptors (Lipinski definition) is 2. The highest BCUT2D eigenvalue weighted by atomic mass is 19.1. The molecule has 234 valence electrons. The standard InChI is InChI=1S/C40H55FO2/c1-4-6-8-10-12-13-15-17-21-33-24-26-34(27-25-33)37-22-18-19-23-38(37)35-28-30-36(31-29-35)43-39(42)40(3,41)32-20-16-14-11-9-7-5-2/h18-19,22-31H,4-17,20-21,32H2,1-3H3. The minimum Gasteiger partial charge on any atom is -0.424 e. The highest BCUT2D eigenvalue weighted by Gasteiger charge is 2.34. The molecule has 0 aliphatic heterocycles. The van der Waals surface area contributed by atoms with Crippen molar-refractivity contribution in [2.75, 3.05) is 0 Å². The molecule has 3 aromatic rings. The van der Waals surface area contributed by atoms with Crippen LogP contribution in [0.3, 0.4) is 0 Å². The molecular weight excluding hydrogens is 531 g/mol. The zero-order chi connectivity index (χ0) is 30.8. The number of carbonyl (C=O) groups excluding carboxylic acids is 1. The van der Waals surface area contributed by atoms with Gasteiger partial charge in [-0.25, -0.2) is 9.18 Å². The van der Waals surface area contributed by atoms with Gasteiger partial charge in [0.25, 0.3) is 0 Å². The smallest absolute Gasteiger partial charge is 0.348 e. The number of halogens is 1. The predicted octanol–water partition coefficient (Wildman–Crippen LogP) is 12.5. The van der Waals surface area contributed by atoms with Crippen molar-refractivity contribution in [2.24, 2.45) is 0 Å². The number of hydrogen-bond donors (Lipinski definition) is 0. The van der Waals surface area contributed by atoms with Crippen LogP contribution in [0.4, 0.5) is 4.39 Å². The largest absolute Gasteiger partial charge is 0.424 e. The maximum atomic E-state index is 15.1. The van der Waals surface area contributed by atoms with Crippen molar-refractivity contribution < 1.29 is 13.9 Å². The molecule has 0 fully saturated rings. The number of ether oxygens (including phenoxy) is 1. The van der Waals surface area contributed by atoms with Gasteiger partial charge in [0.2, 0.25) is 5.67 Å². The molecule has 0 saturated carbocycles. The fourth-order valence-electron chi connectivity index (χ4n) is 5.73. The van der Waals surface area contributed by atoms with Gasteiger partial charge in [0.15, 0.2) is 0 Å². The number of carbonyl (C=O) groups is 1. The molecule has 43 heavy (non-hydrogen) atoms. The maximum absolute atomic E-state index is 15.1. The minimum atomic E-state index is -1.98. The van der Waals surface area contributed by atoms with E-state index in [1.165, 1.54) is 95.1 Å². The van der Waals surface area contributed by atoms with Gasteiger partial charge in [-0.15, -0.1) is 0 Å². The molecule has 0 aromatic heterocycles. The summed E-state index contributed by atoms with van der Waals surface area (Å²) in [5.41, 5.74) is 3.91. The second kappa shape index (κ2) is 19.4. The Kier molecular flexibility index (Phi) is 15.6. The minimum absolute atomic E-state index is 0.197. The van der Waals surface area contributed by atoms with Crippen LogP contribution in [0.1, 0.15) is 129 Å². The van der Waals surface area contributed by atoms with Crippen LogP contribution < -0.4 is 4.74 Å². The van der Waals surface area contributed by atoms with Crippen LogP contribution in [-0.4, -0.2) is 11.6 Å². The summed E-state index contributed by atoms with van der Waals surface area (Å²) in [5, 5.41) is 0. The Morgan fingerprint density at radius 3 is 1.56 bits per heavy atom. The van der Waals surface area contributed by atoms with Gasteiger partial charge < -0.3 is 4.74 Å². The molecule has 0 radical (unpaired) electrons. The van der Waals surface area contributed by atoms with E-state index in [-0.39, 0.29) is 6.42 Å². The highest BCUT2D eigenvalue weighted by molar-refractivity contribution is 5.84. The zero-order valence-electron chi connectivity index (χ0n) is 27.1. The quantitative estimate of drug-likeness (QED) is 0.0705. The van der Waals surface area contributed by atoms with E-state index in [1.807, 2.05) is 18.2 Å². The molecule has 0 heterocycles. The summed E-state index contributed by atoms with van der Waals surface area (Å²) in [6, 6.07) is 24.8. The molecule has 0 aliphatic carbocycles. The van der Waals surface area contributed by atoms with Crippen molar-refractivity contribution in [2.45, 2.75) is 136 Å².